The minimum atomic E-state index is -0.188. The summed E-state index contributed by atoms with van der Waals surface area (Å²) >= 11 is 0. The van der Waals surface area contributed by atoms with Crippen molar-refractivity contribution < 1.29 is 9.90 Å². The minimum absolute atomic E-state index is 0.0598. The van der Waals surface area contributed by atoms with E-state index in [2.05, 4.69) is 13.8 Å². The summed E-state index contributed by atoms with van der Waals surface area (Å²) in [7, 11) is 0. The topological polar surface area (TPSA) is 37.3 Å². The van der Waals surface area contributed by atoms with E-state index in [9.17, 15) is 9.90 Å². The maximum atomic E-state index is 12.2. The average molecular weight is 319 g/mol. The molecule has 0 aliphatic heterocycles. The number of aliphatic hydroxyl groups excluding tert-OH is 1. The van der Waals surface area contributed by atoms with Crippen LogP contribution < -0.4 is 0 Å². The van der Waals surface area contributed by atoms with E-state index in [0.717, 1.165) is 18.8 Å². The largest absolute Gasteiger partial charge is 0.393 e. The van der Waals surface area contributed by atoms with Crippen molar-refractivity contribution in [2.75, 3.05) is 0 Å². The van der Waals surface area contributed by atoms with E-state index in [1.165, 1.54) is 44.9 Å². The maximum absolute atomic E-state index is 12.2. The molecule has 0 aromatic carbocycles. The van der Waals surface area contributed by atoms with Crippen LogP contribution in [-0.4, -0.2) is 17.0 Å². The van der Waals surface area contributed by atoms with Gasteiger partial charge in [0, 0.05) is 5.92 Å². The van der Waals surface area contributed by atoms with Gasteiger partial charge in [-0.25, -0.2) is 0 Å². The number of rotatable bonds is 1. The van der Waals surface area contributed by atoms with Crippen LogP contribution in [0.5, 0.6) is 0 Å². The van der Waals surface area contributed by atoms with Gasteiger partial charge in [0.15, 0.2) is 0 Å². The van der Waals surface area contributed by atoms with Crippen molar-refractivity contribution in [3.63, 3.8) is 0 Å². The first-order valence-electron chi connectivity index (χ1n) is 10.1. The predicted molar refractivity (Wildman–Crippen MR) is 91.9 cm³/mol. The van der Waals surface area contributed by atoms with Gasteiger partial charge in [0.05, 0.1) is 6.10 Å². The number of fused-ring (bicyclic) bond motifs is 5. The molecule has 1 N–H and O–H groups in total. The Morgan fingerprint density at radius 2 is 1.78 bits per heavy atom. The van der Waals surface area contributed by atoms with Crippen LogP contribution in [0.15, 0.2) is 0 Å². The first-order chi connectivity index (χ1) is 10.9. The van der Waals surface area contributed by atoms with Crippen LogP contribution >= 0.6 is 0 Å². The zero-order chi connectivity index (χ0) is 16.4. The second-order valence-corrected chi connectivity index (χ2v) is 9.84. The average Bonchev–Trinajstić information content (AvgIpc) is 2.82. The van der Waals surface area contributed by atoms with Gasteiger partial charge < -0.3 is 5.11 Å². The smallest absolute Gasteiger partial charge is 0.133 e. The molecule has 2 heteroatoms. The van der Waals surface area contributed by atoms with E-state index in [1.54, 1.807) is 6.92 Å². The minimum Gasteiger partial charge on any atom is -0.393 e. The molecule has 8 atom stereocenters. The molecule has 0 saturated heterocycles. The highest BCUT2D eigenvalue weighted by Crippen LogP contribution is 2.67. The Morgan fingerprint density at radius 3 is 2.52 bits per heavy atom. The lowest BCUT2D eigenvalue weighted by atomic mass is 9.44. The first-order valence-corrected chi connectivity index (χ1v) is 10.1. The first kappa shape index (κ1) is 16.1. The number of carbonyl (C=O) groups excluding carboxylic acids is 1. The summed E-state index contributed by atoms with van der Waals surface area (Å²) in [6, 6.07) is 0. The molecular weight excluding hydrogens is 284 g/mol. The SMILES string of the molecule is CC(=O)[C@H]1CC[C@H]2[C@@H]3CCC4CCCC[C@]4(C)[C@H]3[C@@H](O)C[C@]12C. The lowest BCUT2D eigenvalue weighted by Crippen LogP contribution is -2.58. The standard InChI is InChI=1S/C21H34O2/c1-13(22)16-9-10-17-15-8-7-14-6-4-5-11-20(14,2)19(15)18(23)12-21(16,17)3/h14-19,23H,4-12H2,1-3H3/t14?,15-,16+,17-,18-,19+,20-,21+/m0/s1. The van der Waals surface area contributed by atoms with Crippen molar-refractivity contribution in [2.45, 2.75) is 84.7 Å². The Kier molecular flexibility index (Phi) is 3.72. The third-order valence-corrected chi connectivity index (χ3v) is 9.00. The summed E-state index contributed by atoms with van der Waals surface area (Å²) in [5.41, 5.74) is 0.417. The van der Waals surface area contributed by atoms with Gasteiger partial charge in [-0.15, -0.1) is 0 Å². The molecule has 4 saturated carbocycles. The summed E-state index contributed by atoms with van der Waals surface area (Å²) in [5.74, 6) is 3.21. The summed E-state index contributed by atoms with van der Waals surface area (Å²) in [6.45, 7) is 6.60. The summed E-state index contributed by atoms with van der Waals surface area (Å²) in [6.07, 6.45) is 11.1. The summed E-state index contributed by atoms with van der Waals surface area (Å²) in [5, 5.41) is 11.2. The molecule has 1 unspecified atom stereocenters. The van der Waals surface area contributed by atoms with Crippen LogP contribution in [-0.2, 0) is 4.79 Å². The predicted octanol–water partition coefficient (Wildman–Crippen LogP) is 4.60. The highest BCUT2D eigenvalue weighted by Gasteiger charge is 2.63. The van der Waals surface area contributed by atoms with Crippen LogP contribution in [0.1, 0.15) is 78.6 Å². The normalized spacial score (nSPS) is 55.7. The van der Waals surface area contributed by atoms with Gasteiger partial charge in [-0.2, -0.15) is 0 Å². The molecule has 0 spiro atoms. The molecule has 23 heavy (non-hydrogen) atoms. The van der Waals surface area contributed by atoms with Gasteiger partial charge in [-0.3, -0.25) is 4.79 Å². The van der Waals surface area contributed by atoms with Gasteiger partial charge in [0.2, 0.25) is 0 Å². The molecule has 0 heterocycles. The fourth-order valence-electron chi connectivity index (χ4n) is 8.09. The second kappa shape index (κ2) is 5.31. The molecule has 4 aliphatic rings. The monoisotopic (exact) mass is 318 g/mol. The number of hydrogen-bond donors (Lipinski definition) is 1. The molecular formula is C21H34O2. The zero-order valence-electron chi connectivity index (χ0n) is 15.2. The Labute approximate surface area is 141 Å². The van der Waals surface area contributed by atoms with Crippen LogP contribution in [0.3, 0.4) is 0 Å². The van der Waals surface area contributed by atoms with Crippen LogP contribution in [0.4, 0.5) is 0 Å². The second-order valence-electron chi connectivity index (χ2n) is 9.84. The summed E-state index contributed by atoms with van der Waals surface area (Å²) < 4.78 is 0. The Bertz CT molecular complexity index is 500. The zero-order valence-corrected chi connectivity index (χ0v) is 15.2. The van der Waals surface area contributed by atoms with Gasteiger partial charge >= 0.3 is 0 Å². The number of carbonyl (C=O) groups is 1. The van der Waals surface area contributed by atoms with Crippen molar-refractivity contribution in [3.8, 4) is 0 Å². The quantitative estimate of drug-likeness (QED) is 0.767. The van der Waals surface area contributed by atoms with Crippen molar-refractivity contribution in [1.29, 1.82) is 0 Å². The molecule has 4 rings (SSSR count). The number of hydrogen-bond acceptors (Lipinski definition) is 2. The maximum Gasteiger partial charge on any atom is 0.133 e. The number of ketones is 1. The molecule has 0 radical (unpaired) electrons. The molecule has 0 bridgehead atoms. The molecule has 4 fully saturated rings. The van der Waals surface area contributed by atoms with Crippen molar-refractivity contribution in [1.82, 2.24) is 0 Å². The molecule has 2 nitrogen and oxygen atoms in total. The van der Waals surface area contributed by atoms with Gasteiger partial charge in [0.25, 0.3) is 0 Å². The van der Waals surface area contributed by atoms with Gasteiger partial charge in [-0.05, 0) is 86.4 Å². The highest BCUT2D eigenvalue weighted by molar-refractivity contribution is 5.79. The molecule has 4 aliphatic carbocycles. The lowest BCUT2D eigenvalue weighted by Gasteiger charge is -2.62. The molecule has 130 valence electrons. The third kappa shape index (κ3) is 2.12. The van der Waals surface area contributed by atoms with Crippen LogP contribution in [0, 0.1) is 40.4 Å². The van der Waals surface area contributed by atoms with Crippen LogP contribution in [0.2, 0.25) is 0 Å². The van der Waals surface area contributed by atoms with E-state index in [4.69, 9.17) is 0 Å². The van der Waals surface area contributed by atoms with Gasteiger partial charge in [-0.1, -0.05) is 26.7 Å². The van der Waals surface area contributed by atoms with Crippen molar-refractivity contribution >= 4 is 5.78 Å². The number of aliphatic hydroxyl groups is 1. The Hall–Kier alpha value is -0.370. The van der Waals surface area contributed by atoms with E-state index in [0.29, 0.717) is 29.0 Å². The van der Waals surface area contributed by atoms with E-state index >= 15 is 0 Å². The fraction of sp³-hybridized carbons (Fsp3) is 0.952. The van der Waals surface area contributed by atoms with E-state index < -0.39 is 0 Å². The molecule has 0 aromatic rings. The van der Waals surface area contributed by atoms with E-state index in [-0.39, 0.29) is 17.4 Å². The molecule has 0 amide bonds. The van der Waals surface area contributed by atoms with E-state index in [1.807, 2.05) is 0 Å². The Morgan fingerprint density at radius 1 is 1.00 bits per heavy atom. The Balaban J connectivity index is 1.69. The fourth-order valence-corrected chi connectivity index (χ4v) is 8.09. The van der Waals surface area contributed by atoms with Crippen molar-refractivity contribution in [3.05, 3.63) is 0 Å². The van der Waals surface area contributed by atoms with Crippen LogP contribution in [0.25, 0.3) is 0 Å². The highest BCUT2D eigenvalue weighted by atomic mass is 16.3. The third-order valence-electron chi connectivity index (χ3n) is 9.00. The van der Waals surface area contributed by atoms with Gasteiger partial charge in [0.1, 0.15) is 5.78 Å². The van der Waals surface area contributed by atoms with Crippen molar-refractivity contribution in [2.24, 2.45) is 40.4 Å². The summed E-state index contributed by atoms with van der Waals surface area (Å²) in [4.78, 5) is 12.2. The molecule has 0 aromatic heterocycles. The number of Topliss-reactive ketones (excluding diaryl/α,β-unsaturated/α-hetero) is 1. The lowest BCUT2D eigenvalue weighted by molar-refractivity contribution is -0.170.